The van der Waals surface area contributed by atoms with Gasteiger partial charge in [0.2, 0.25) is 0 Å². The number of halogens is 1. The summed E-state index contributed by atoms with van der Waals surface area (Å²) in [4.78, 5) is 32.9. The fourth-order valence-corrected chi connectivity index (χ4v) is 6.07. The molecule has 2 amide bonds. The van der Waals surface area contributed by atoms with Crippen molar-refractivity contribution in [2.75, 3.05) is 47.3 Å². The minimum atomic E-state index is -0.424. The summed E-state index contributed by atoms with van der Waals surface area (Å²) < 4.78 is 0.587. The lowest BCUT2D eigenvalue weighted by Crippen LogP contribution is -2.41. The summed E-state index contributed by atoms with van der Waals surface area (Å²) in [6.07, 6.45) is 4.45. The average molecular weight is 483 g/mol. The Kier molecular flexibility index (Phi) is 8.52. The Morgan fingerprint density at radius 3 is 2.52 bits per heavy atom. The second kappa shape index (κ2) is 10.9. The summed E-state index contributed by atoms with van der Waals surface area (Å²) in [5, 5.41) is 0. The van der Waals surface area contributed by atoms with Gasteiger partial charge in [0, 0.05) is 37.1 Å². The van der Waals surface area contributed by atoms with Crippen LogP contribution in [0.1, 0.15) is 42.6 Å². The lowest BCUT2D eigenvalue weighted by molar-refractivity contribution is 0.0721. The highest BCUT2D eigenvalue weighted by atomic mass is 35.5. The second-order valence-corrected chi connectivity index (χ2v) is 11.2. The van der Waals surface area contributed by atoms with Crippen LogP contribution in [0.5, 0.6) is 0 Å². The number of fused-ring (bicyclic) bond motifs is 1. The van der Waals surface area contributed by atoms with Crippen LogP contribution in [0, 0.1) is 0 Å². The molecule has 2 aromatic heterocycles. The highest BCUT2D eigenvalue weighted by molar-refractivity contribution is 7.18. The zero-order valence-electron chi connectivity index (χ0n) is 18.4. The second-order valence-electron chi connectivity index (χ2n) is 8.39. The SMILES string of the molecule is CN(C)C[C@@H]1CCCN1C(=O)c1cc2c(s1)CCN(C)CC2.NC(=O)c1ccc(Cl)s1. The third-order valence-corrected chi connectivity index (χ3v) is 8.09. The highest BCUT2D eigenvalue weighted by Crippen LogP contribution is 2.29. The summed E-state index contributed by atoms with van der Waals surface area (Å²) in [6, 6.07) is 5.81. The molecule has 2 N–H and O–H groups in total. The number of nitrogens with zero attached hydrogens (tertiary/aromatic N) is 3. The van der Waals surface area contributed by atoms with Crippen LogP contribution in [-0.2, 0) is 12.8 Å². The first-order valence-electron chi connectivity index (χ1n) is 10.6. The summed E-state index contributed by atoms with van der Waals surface area (Å²) in [5.74, 6) is -0.164. The molecule has 1 fully saturated rings. The Balaban J connectivity index is 0.000000254. The van der Waals surface area contributed by atoms with E-state index >= 15 is 0 Å². The summed E-state index contributed by atoms with van der Waals surface area (Å²) in [5.41, 5.74) is 6.34. The third kappa shape index (κ3) is 6.52. The molecule has 0 spiro atoms. The summed E-state index contributed by atoms with van der Waals surface area (Å²) in [6.45, 7) is 4.10. The minimum absolute atomic E-state index is 0.260. The van der Waals surface area contributed by atoms with E-state index in [-0.39, 0.29) is 5.91 Å². The van der Waals surface area contributed by atoms with Crippen LogP contribution >= 0.6 is 34.3 Å². The molecule has 31 heavy (non-hydrogen) atoms. The number of carbonyl (C=O) groups excluding carboxylic acids is 2. The van der Waals surface area contributed by atoms with E-state index in [0.29, 0.717) is 15.3 Å². The predicted octanol–water partition coefficient (Wildman–Crippen LogP) is 3.45. The number of rotatable bonds is 4. The molecule has 0 aromatic carbocycles. The van der Waals surface area contributed by atoms with E-state index in [4.69, 9.17) is 17.3 Å². The maximum absolute atomic E-state index is 12.9. The maximum Gasteiger partial charge on any atom is 0.264 e. The van der Waals surface area contributed by atoms with Crippen molar-refractivity contribution in [3.8, 4) is 0 Å². The maximum atomic E-state index is 12.9. The van der Waals surface area contributed by atoms with E-state index < -0.39 is 5.91 Å². The topological polar surface area (TPSA) is 69.9 Å². The van der Waals surface area contributed by atoms with Gasteiger partial charge in [0.1, 0.15) is 0 Å². The Morgan fingerprint density at radius 1 is 1.16 bits per heavy atom. The molecule has 2 aliphatic rings. The Hall–Kier alpha value is -1.45. The normalized spacial score (nSPS) is 19.0. The molecule has 2 aliphatic heterocycles. The molecule has 0 aliphatic carbocycles. The van der Waals surface area contributed by atoms with Crippen LogP contribution in [0.3, 0.4) is 0 Å². The lowest BCUT2D eigenvalue weighted by Gasteiger charge is -2.26. The zero-order valence-corrected chi connectivity index (χ0v) is 20.8. The van der Waals surface area contributed by atoms with Gasteiger partial charge >= 0.3 is 0 Å². The number of nitrogens with two attached hydrogens (primary N) is 1. The lowest BCUT2D eigenvalue weighted by atomic mass is 10.1. The van der Waals surface area contributed by atoms with Crippen molar-refractivity contribution < 1.29 is 9.59 Å². The van der Waals surface area contributed by atoms with Crippen LogP contribution in [0.2, 0.25) is 4.34 Å². The van der Waals surface area contributed by atoms with Crippen LogP contribution in [0.4, 0.5) is 0 Å². The third-order valence-electron chi connectivity index (χ3n) is 5.62. The molecule has 0 unspecified atom stereocenters. The molecule has 0 saturated carbocycles. The number of likely N-dealkylation sites (N-methyl/N-ethyl adjacent to an activating group) is 2. The van der Waals surface area contributed by atoms with Gasteiger partial charge in [0.25, 0.3) is 11.8 Å². The van der Waals surface area contributed by atoms with E-state index in [2.05, 4.69) is 41.9 Å². The molecule has 6 nitrogen and oxygen atoms in total. The van der Waals surface area contributed by atoms with Gasteiger partial charge in [0.05, 0.1) is 14.1 Å². The minimum Gasteiger partial charge on any atom is -0.365 e. The monoisotopic (exact) mass is 482 g/mol. The molecule has 170 valence electrons. The molecule has 0 bridgehead atoms. The van der Waals surface area contributed by atoms with E-state index in [0.717, 1.165) is 56.7 Å². The number of hydrogen-bond donors (Lipinski definition) is 1. The van der Waals surface area contributed by atoms with E-state index in [9.17, 15) is 9.59 Å². The van der Waals surface area contributed by atoms with Gasteiger partial charge in [-0.2, -0.15) is 0 Å². The van der Waals surface area contributed by atoms with Crippen molar-refractivity contribution in [2.24, 2.45) is 5.73 Å². The predicted molar refractivity (Wildman–Crippen MR) is 130 cm³/mol. The van der Waals surface area contributed by atoms with Crippen LogP contribution in [-0.4, -0.2) is 79.9 Å². The fourth-order valence-electron chi connectivity index (χ4n) is 4.01. The highest BCUT2D eigenvalue weighted by Gasteiger charge is 2.31. The van der Waals surface area contributed by atoms with Crippen molar-refractivity contribution in [2.45, 2.75) is 31.7 Å². The van der Waals surface area contributed by atoms with E-state index in [1.807, 2.05) is 0 Å². The van der Waals surface area contributed by atoms with Crippen LogP contribution < -0.4 is 5.73 Å². The molecular weight excluding hydrogens is 452 g/mol. The van der Waals surface area contributed by atoms with Gasteiger partial charge in [-0.05, 0) is 70.6 Å². The van der Waals surface area contributed by atoms with Gasteiger partial charge in [-0.15, -0.1) is 22.7 Å². The molecule has 1 saturated heterocycles. The average Bonchev–Trinajstić information content (AvgIpc) is 3.42. The molecule has 9 heteroatoms. The number of carbonyl (C=O) groups is 2. The molecule has 4 heterocycles. The van der Waals surface area contributed by atoms with Gasteiger partial charge in [-0.1, -0.05) is 11.6 Å². The standard InChI is InChI=1S/C17H27N3OS.C5H4ClNOS/c1-18(2)12-14-5-4-8-20(14)17(21)16-11-13-6-9-19(3)10-7-15(13)22-16;6-4-2-1-3(9-4)5(7)8/h11,14H,4-10,12H2,1-3H3;1-2H,(H2,7,8)/t14-;/m0./s1. The summed E-state index contributed by atoms with van der Waals surface area (Å²) >= 11 is 8.44. The first kappa shape index (κ1) is 24.2. The van der Waals surface area contributed by atoms with Crippen molar-refractivity contribution in [1.29, 1.82) is 0 Å². The fraction of sp³-hybridized carbons (Fsp3) is 0.545. The molecule has 0 radical (unpaired) electrons. The Morgan fingerprint density at radius 2 is 1.90 bits per heavy atom. The van der Waals surface area contributed by atoms with Gasteiger partial charge in [0.15, 0.2) is 0 Å². The van der Waals surface area contributed by atoms with Crippen molar-refractivity contribution in [1.82, 2.24) is 14.7 Å². The molecular formula is C22H31ClN4O2S2. The number of hydrogen-bond acceptors (Lipinski definition) is 6. The van der Waals surface area contributed by atoms with Crippen LogP contribution in [0.25, 0.3) is 0 Å². The number of amides is 2. The number of thiophene rings is 2. The zero-order chi connectivity index (χ0) is 22.5. The van der Waals surface area contributed by atoms with E-state index in [1.165, 1.54) is 21.8 Å². The van der Waals surface area contributed by atoms with Crippen molar-refractivity contribution in [3.63, 3.8) is 0 Å². The van der Waals surface area contributed by atoms with Crippen molar-refractivity contribution in [3.05, 3.63) is 42.7 Å². The molecule has 2 aromatic rings. The van der Waals surface area contributed by atoms with Crippen LogP contribution in [0.15, 0.2) is 18.2 Å². The van der Waals surface area contributed by atoms with Gasteiger partial charge in [-0.3, -0.25) is 9.59 Å². The Labute approximate surface area is 197 Å². The van der Waals surface area contributed by atoms with Crippen molar-refractivity contribution >= 4 is 46.1 Å². The number of likely N-dealkylation sites (tertiary alicyclic amines) is 1. The van der Waals surface area contributed by atoms with Gasteiger partial charge in [-0.25, -0.2) is 0 Å². The quantitative estimate of drug-likeness (QED) is 0.724. The smallest absolute Gasteiger partial charge is 0.264 e. The molecule has 4 rings (SSSR count). The first-order valence-corrected chi connectivity index (χ1v) is 12.6. The Bertz CT molecular complexity index is 886. The summed E-state index contributed by atoms with van der Waals surface area (Å²) in [7, 11) is 6.36. The largest absolute Gasteiger partial charge is 0.365 e. The first-order chi connectivity index (χ1) is 14.7. The molecule has 1 atom stereocenters. The van der Waals surface area contributed by atoms with Gasteiger partial charge < -0.3 is 20.4 Å². The van der Waals surface area contributed by atoms with E-state index in [1.54, 1.807) is 23.5 Å². The number of primary amides is 1.